The molecule has 0 aromatic heterocycles. The number of Topliss-reactive ketones (excluding diaryl/α,β-unsaturated/α-hetero) is 1. The highest BCUT2D eigenvalue weighted by atomic mass is 31.1. The first-order chi connectivity index (χ1) is 13.5. The molecule has 0 heterocycles. The van der Waals surface area contributed by atoms with Gasteiger partial charge in [-0.15, -0.1) is 0 Å². The Morgan fingerprint density at radius 2 is 1.62 bits per heavy atom. The number of hydrogen-bond acceptors (Lipinski definition) is 6. The fourth-order valence-electron chi connectivity index (χ4n) is 3.77. The Morgan fingerprint density at radius 3 is 2.03 bits per heavy atom. The smallest absolute Gasteiger partial charge is 0.324 e. The second-order valence-corrected chi connectivity index (χ2v) is 9.59. The average Bonchev–Trinajstić information content (AvgIpc) is 2.65. The fourth-order valence-corrected chi connectivity index (χ4v) is 4.51. The average molecular weight is 424 g/mol. The van der Waals surface area contributed by atoms with Crippen LogP contribution in [0.25, 0.3) is 0 Å². The van der Waals surface area contributed by atoms with Crippen LogP contribution >= 0.6 is 8.46 Å². The molecular weight excluding hydrogens is 391 g/mol. The van der Waals surface area contributed by atoms with Gasteiger partial charge < -0.3 is 14.2 Å². The van der Waals surface area contributed by atoms with Gasteiger partial charge in [-0.3, -0.25) is 14.2 Å². The maximum atomic E-state index is 13.2. The van der Waals surface area contributed by atoms with Gasteiger partial charge in [0.2, 0.25) is 0 Å². The minimum atomic E-state index is -1.45. The summed E-state index contributed by atoms with van der Waals surface area (Å²) in [6, 6.07) is 5.02. The van der Waals surface area contributed by atoms with E-state index >= 15 is 0 Å². The zero-order valence-corrected chi connectivity index (χ0v) is 19.4. The van der Waals surface area contributed by atoms with Gasteiger partial charge in [0.1, 0.15) is 17.1 Å². The molecule has 0 saturated carbocycles. The third-order valence-electron chi connectivity index (χ3n) is 4.64. The Hall–Kier alpha value is -1.94. The molecule has 0 aliphatic carbocycles. The molecule has 0 fully saturated rings. The molecule has 1 rings (SSSR count). The molecule has 0 spiro atoms. The van der Waals surface area contributed by atoms with Crippen LogP contribution in [0.1, 0.15) is 64.2 Å². The normalized spacial score (nSPS) is 14.7. The summed E-state index contributed by atoms with van der Waals surface area (Å²) < 4.78 is 28.1. The minimum absolute atomic E-state index is 0.0372. The number of carbonyl (C=O) groups excluding carboxylic acids is 2. The molecule has 2 atom stereocenters. The maximum absolute atomic E-state index is 13.2. The third-order valence-corrected chi connectivity index (χ3v) is 5.51. The number of ether oxygens (including phenoxy) is 3. The first-order valence-electron chi connectivity index (χ1n) is 9.79. The summed E-state index contributed by atoms with van der Waals surface area (Å²) >= 11 is 0. The molecule has 0 bridgehead atoms. The third kappa shape index (κ3) is 6.81. The van der Waals surface area contributed by atoms with Crippen LogP contribution in [-0.4, -0.2) is 37.7 Å². The van der Waals surface area contributed by atoms with Crippen LogP contribution in [0.4, 0.5) is 0 Å². The summed E-state index contributed by atoms with van der Waals surface area (Å²) in [6.45, 7) is 10.2. The Balaban J connectivity index is 3.33. The highest BCUT2D eigenvalue weighted by Crippen LogP contribution is 2.41. The van der Waals surface area contributed by atoms with Crippen molar-refractivity contribution in [1.29, 1.82) is 0 Å². The number of hydrogen-bond donors (Lipinski definition) is 0. The fraction of sp³-hybridized carbons (Fsp3) is 0.636. The highest BCUT2D eigenvalue weighted by Gasteiger charge is 2.45. The van der Waals surface area contributed by atoms with Crippen molar-refractivity contribution in [1.82, 2.24) is 0 Å². The molecule has 0 N–H and O–H groups in total. The molecule has 1 aromatic rings. The molecule has 29 heavy (non-hydrogen) atoms. The van der Waals surface area contributed by atoms with Gasteiger partial charge in [0.05, 0.1) is 20.8 Å². The number of benzene rings is 1. The first-order valence-corrected chi connectivity index (χ1v) is 10.6. The highest BCUT2D eigenvalue weighted by molar-refractivity contribution is 7.28. The number of rotatable bonds is 11. The summed E-state index contributed by atoms with van der Waals surface area (Å²) in [4.78, 5) is 26.1. The molecule has 2 unspecified atom stereocenters. The van der Waals surface area contributed by atoms with Crippen molar-refractivity contribution in [3.63, 3.8) is 0 Å². The summed E-state index contributed by atoms with van der Waals surface area (Å²) in [6.07, 6.45) is 0.829. The lowest BCUT2D eigenvalue weighted by Crippen LogP contribution is -2.39. The number of esters is 1. The summed E-state index contributed by atoms with van der Waals surface area (Å²) in [7, 11) is 2.49. The topological polar surface area (TPSA) is 78.9 Å². The Labute approximate surface area is 175 Å². The van der Waals surface area contributed by atoms with Crippen molar-refractivity contribution >= 4 is 20.2 Å². The van der Waals surface area contributed by atoms with Crippen molar-refractivity contribution < 1.29 is 28.4 Å². The predicted octanol–water partition coefficient (Wildman–Crippen LogP) is 5.33. The van der Waals surface area contributed by atoms with Gasteiger partial charge in [0, 0.05) is 6.42 Å². The van der Waals surface area contributed by atoms with Crippen LogP contribution in [0.3, 0.4) is 0 Å². The summed E-state index contributed by atoms with van der Waals surface area (Å²) in [5.74, 6) is -0.249. The van der Waals surface area contributed by atoms with Crippen molar-refractivity contribution in [3.05, 3.63) is 23.8 Å². The van der Waals surface area contributed by atoms with E-state index in [9.17, 15) is 14.2 Å². The second-order valence-electron chi connectivity index (χ2n) is 8.55. The van der Waals surface area contributed by atoms with Gasteiger partial charge >= 0.3 is 5.97 Å². The molecule has 162 valence electrons. The predicted molar refractivity (Wildman–Crippen MR) is 113 cm³/mol. The van der Waals surface area contributed by atoms with Gasteiger partial charge in [-0.2, -0.15) is 0 Å². The van der Waals surface area contributed by atoms with Crippen LogP contribution in [0.2, 0.25) is 0 Å². The van der Waals surface area contributed by atoms with E-state index in [-0.39, 0.29) is 42.1 Å². The van der Waals surface area contributed by atoms with Crippen LogP contribution in [0.5, 0.6) is 11.5 Å². The lowest BCUT2D eigenvalue weighted by atomic mass is 9.80. The zero-order valence-electron chi connectivity index (χ0n) is 18.5. The second kappa shape index (κ2) is 10.7. The van der Waals surface area contributed by atoms with Crippen molar-refractivity contribution in [2.75, 3.05) is 20.8 Å². The SMILES string of the molecule is CCOC(=O)C(CC(=O)c1c(OC)cccc1OC)(CC(C)CC(C)(C)C)P=O. The van der Waals surface area contributed by atoms with E-state index in [2.05, 4.69) is 20.8 Å². The minimum Gasteiger partial charge on any atom is -0.496 e. The number of ketones is 1. The van der Waals surface area contributed by atoms with E-state index in [4.69, 9.17) is 14.2 Å². The quantitative estimate of drug-likeness (QED) is 0.271. The van der Waals surface area contributed by atoms with Gasteiger partial charge in [0.15, 0.2) is 19.4 Å². The van der Waals surface area contributed by atoms with Crippen LogP contribution in [0, 0.1) is 11.3 Å². The molecule has 0 amide bonds. The molecular formula is C22H33O6P. The van der Waals surface area contributed by atoms with E-state index < -0.39 is 19.6 Å². The Morgan fingerprint density at radius 1 is 1.07 bits per heavy atom. The lowest BCUT2D eigenvalue weighted by Gasteiger charge is -2.30. The molecule has 0 aliphatic heterocycles. The van der Waals surface area contributed by atoms with Gasteiger partial charge in [-0.25, -0.2) is 0 Å². The van der Waals surface area contributed by atoms with Gasteiger partial charge in [-0.05, 0) is 43.2 Å². The lowest BCUT2D eigenvalue weighted by molar-refractivity contribution is -0.146. The van der Waals surface area contributed by atoms with Crippen LogP contribution < -0.4 is 9.47 Å². The Kier molecular flexibility index (Phi) is 9.28. The monoisotopic (exact) mass is 424 g/mol. The standard InChI is InChI=1S/C22H33O6P/c1-8-28-20(24)22(29-25,13-15(2)12-21(3,4)5)14-16(23)19-17(26-6)10-9-11-18(19)27-7/h9-11,15H,8,12-14H2,1-7H3. The summed E-state index contributed by atoms with van der Waals surface area (Å²) in [5, 5.41) is -1.45. The van der Waals surface area contributed by atoms with E-state index in [0.717, 1.165) is 6.42 Å². The zero-order chi connectivity index (χ0) is 22.2. The van der Waals surface area contributed by atoms with Crippen LogP contribution in [-0.2, 0) is 14.1 Å². The van der Waals surface area contributed by atoms with E-state index in [1.807, 2.05) is 6.92 Å². The van der Waals surface area contributed by atoms with Crippen molar-refractivity contribution in [2.45, 2.75) is 59.0 Å². The molecule has 0 radical (unpaired) electrons. The Bertz CT molecular complexity index is 702. The summed E-state index contributed by atoms with van der Waals surface area (Å²) in [5.41, 5.74) is 0.272. The van der Waals surface area contributed by atoms with Crippen LogP contribution in [0.15, 0.2) is 18.2 Å². The molecule has 0 aliphatic rings. The van der Waals surface area contributed by atoms with Crippen molar-refractivity contribution in [3.8, 4) is 11.5 Å². The van der Waals surface area contributed by atoms with E-state index in [1.165, 1.54) is 14.2 Å². The first kappa shape index (κ1) is 25.1. The molecule has 7 heteroatoms. The number of carbonyl (C=O) groups is 2. The van der Waals surface area contributed by atoms with Crippen molar-refractivity contribution in [2.24, 2.45) is 11.3 Å². The molecule has 0 saturated heterocycles. The van der Waals surface area contributed by atoms with Gasteiger partial charge in [-0.1, -0.05) is 33.8 Å². The van der Waals surface area contributed by atoms with E-state index in [0.29, 0.717) is 11.5 Å². The molecule has 1 aromatic carbocycles. The maximum Gasteiger partial charge on any atom is 0.324 e. The van der Waals surface area contributed by atoms with Gasteiger partial charge in [0.25, 0.3) is 0 Å². The largest absolute Gasteiger partial charge is 0.496 e. The molecule has 6 nitrogen and oxygen atoms in total. The number of methoxy groups -OCH3 is 2. The van der Waals surface area contributed by atoms with E-state index in [1.54, 1.807) is 25.1 Å².